The van der Waals surface area contributed by atoms with Crippen LogP contribution in [0, 0.1) is 0 Å². The summed E-state index contributed by atoms with van der Waals surface area (Å²) in [6, 6.07) is 8.37. The van der Waals surface area contributed by atoms with E-state index in [1.54, 1.807) is 0 Å². The van der Waals surface area contributed by atoms with Crippen LogP contribution in [0.15, 0.2) is 36.5 Å². The molecule has 1 saturated heterocycles. The molecule has 2 aliphatic heterocycles. The fourth-order valence-corrected chi connectivity index (χ4v) is 4.18. The largest absolute Gasteiger partial charge is 0.373 e. The van der Waals surface area contributed by atoms with Crippen molar-refractivity contribution < 1.29 is 9.53 Å². The molecule has 0 aliphatic carbocycles. The van der Waals surface area contributed by atoms with Crippen LogP contribution in [-0.2, 0) is 9.53 Å². The lowest BCUT2D eigenvalue weighted by molar-refractivity contribution is -0.135. The summed E-state index contributed by atoms with van der Waals surface area (Å²) < 4.78 is 5.75. The molecule has 138 valence electrons. The van der Waals surface area contributed by atoms with Gasteiger partial charge in [-0.3, -0.25) is 9.69 Å². The maximum Gasteiger partial charge on any atom is 0.237 e. The molecule has 26 heavy (non-hydrogen) atoms. The van der Waals surface area contributed by atoms with Gasteiger partial charge in [0.25, 0.3) is 0 Å². The van der Waals surface area contributed by atoms with Crippen LogP contribution in [0.25, 0.3) is 16.5 Å². The lowest BCUT2D eigenvalue weighted by Gasteiger charge is -2.36. The van der Waals surface area contributed by atoms with Gasteiger partial charge in [0.1, 0.15) is 0 Å². The van der Waals surface area contributed by atoms with E-state index in [0.717, 1.165) is 31.6 Å². The van der Waals surface area contributed by atoms with E-state index in [1.165, 1.54) is 16.5 Å². The van der Waals surface area contributed by atoms with E-state index in [4.69, 9.17) is 4.74 Å². The molecule has 2 atom stereocenters. The van der Waals surface area contributed by atoms with Crippen molar-refractivity contribution >= 4 is 22.4 Å². The standard InChI is InChI=1S/C21H27N3O2/c1-15-12-23(13-16(2)26-15)14-21(25)24-9-7-17(8-10-24)19-11-22-20-6-4-3-5-18(19)20/h3-7,11,15-16,22H,8-10,12-14H2,1-2H3/t15-,16+. The van der Waals surface area contributed by atoms with Gasteiger partial charge in [0.05, 0.1) is 18.8 Å². The first-order chi connectivity index (χ1) is 12.6. The third kappa shape index (κ3) is 3.55. The second-order valence-corrected chi connectivity index (χ2v) is 7.52. The van der Waals surface area contributed by atoms with Gasteiger partial charge in [0.15, 0.2) is 0 Å². The average molecular weight is 353 g/mol. The molecule has 0 unspecified atom stereocenters. The zero-order chi connectivity index (χ0) is 18.1. The maximum atomic E-state index is 12.7. The van der Waals surface area contributed by atoms with Crippen molar-refractivity contribution in [3.63, 3.8) is 0 Å². The fraction of sp³-hybridized carbons (Fsp3) is 0.476. The predicted molar refractivity (Wildman–Crippen MR) is 104 cm³/mol. The topological polar surface area (TPSA) is 48.6 Å². The Morgan fingerprint density at radius 2 is 2.00 bits per heavy atom. The van der Waals surface area contributed by atoms with Crippen LogP contribution < -0.4 is 0 Å². The number of aromatic nitrogens is 1. The predicted octanol–water partition coefficient (Wildman–Crippen LogP) is 2.89. The molecule has 2 aliphatic rings. The van der Waals surface area contributed by atoms with Gasteiger partial charge in [-0.25, -0.2) is 0 Å². The Morgan fingerprint density at radius 1 is 1.23 bits per heavy atom. The van der Waals surface area contributed by atoms with Gasteiger partial charge in [-0.2, -0.15) is 0 Å². The number of benzene rings is 1. The van der Waals surface area contributed by atoms with Crippen molar-refractivity contribution in [1.82, 2.24) is 14.8 Å². The summed E-state index contributed by atoms with van der Waals surface area (Å²) in [6.45, 7) is 7.80. The highest BCUT2D eigenvalue weighted by atomic mass is 16.5. The highest BCUT2D eigenvalue weighted by Gasteiger charge is 2.26. The second-order valence-electron chi connectivity index (χ2n) is 7.52. The number of H-pyrrole nitrogens is 1. The number of fused-ring (bicyclic) bond motifs is 1. The second kappa shape index (κ2) is 7.25. The lowest BCUT2D eigenvalue weighted by atomic mass is 9.99. The monoisotopic (exact) mass is 353 g/mol. The van der Waals surface area contributed by atoms with E-state index in [-0.39, 0.29) is 18.1 Å². The van der Waals surface area contributed by atoms with E-state index in [1.807, 2.05) is 11.0 Å². The molecule has 1 aromatic heterocycles. The number of aromatic amines is 1. The number of ether oxygens (including phenoxy) is 1. The Hall–Kier alpha value is -2.11. The molecule has 3 heterocycles. The number of rotatable bonds is 3. The molecule has 5 nitrogen and oxygen atoms in total. The van der Waals surface area contributed by atoms with Crippen LogP contribution in [0.1, 0.15) is 25.8 Å². The van der Waals surface area contributed by atoms with Crippen molar-refractivity contribution in [2.24, 2.45) is 0 Å². The van der Waals surface area contributed by atoms with E-state index < -0.39 is 0 Å². The summed E-state index contributed by atoms with van der Waals surface area (Å²) >= 11 is 0. The number of hydrogen-bond donors (Lipinski definition) is 1. The Balaban J connectivity index is 1.40. The Bertz CT molecular complexity index is 816. The SMILES string of the molecule is C[C@@H]1CN(CC(=O)N2CC=C(c3c[nH]c4ccccc34)CC2)C[C@H](C)O1. The number of amides is 1. The molecular formula is C21H27N3O2. The van der Waals surface area contributed by atoms with Crippen molar-refractivity contribution in [3.05, 3.63) is 42.1 Å². The van der Waals surface area contributed by atoms with Gasteiger partial charge >= 0.3 is 0 Å². The maximum absolute atomic E-state index is 12.7. The first kappa shape index (κ1) is 17.3. The first-order valence-electron chi connectivity index (χ1n) is 9.51. The Kier molecular flexibility index (Phi) is 4.83. The van der Waals surface area contributed by atoms with Crippen molar-refractivity contribution in [2.45, 2.75) is 32.5 Å². The van der Waals surface area contributed by atoms with Crippen molar-refractivity contribution in [2.75, 3.05) is 32.7 Å². The molecule has 0 radical (unpaired) electrons. The Morgan fingerprint density at radius 3 is 2.73 bits per heavy atom. The normalized spacial score (nSPS) is 24.7. The molecule has 0 spiro atoms. The van der Waals surface area contributed by atoms with Gasteiger partial charge < -0.3 is 14.6 Å². The molecule has 1 fully saturated rings. The van der Waals surface area contributed by atoms with Gasteiger partial charge in [-0.05, 0) is 31.9 Å². The zero-order valence-electron chi connectivity index (χ0n) is 15.6. The molecule has 4 rings (SSSR count). The third-order valence-corrected chi connectivity index (χ3v) is 5.35. The van der Waals surface area contributed by atoms with Gasteiger partial charge in [0.2, 0.25) is 5.91 Å². The van der Waals surface area contributed by atoms with Crippen LogP contribution in [-0.4, -0.2) is 65.6 Å². The van der Waals surface area contributed by atoms with E-state index in [9.17, 15) is 4.79 Å². The molecule has 0 saturated carbocycles. The van der Waals surface area contributed by atoms with Crippen LogP contribution in [0.5, 0.6) is 0 Å². The molecule has 1 N–H and O–H groups in total. The number of carbonyl (C=O) groups is 1. The summed E-state index contributed by atoms with van der Waals surface area (Å²) in [4.78, 5) is 20.2. The van der Waals surface area contributed by atoms with E-state index in [2.05, 4.69) is 54.2 Å². The van der Waals surface area contributed by atoms with Crippen LogP contribution in [0.4, 0.5) is 0 Å². The number of carbonyl (C=O) groups excluding carboxylic acids is 1. The summed E-state index contributed by atoms with van der Waals surface area (Å²) in [5.74, 6) is 0.223. The van der Waals surface area contributed by atoms with Gasteiger partial charge in [-0.15, -0.1) is 0 Å². The molecule has 1 aromatic carbocycles. The van der Waals surface area contributed by atoms with Crippen LogP contribution in [0.3, 0.4) is 0 Å². The first-order valence-corrected chi connectivity index (χ1v) is 9.51. The molecule has 5 heteroatoms. The summed E-state index contributed by atoms with van der Waals surface area (Å²) in [7, 11) is 0. The minimum atomic E-state index is 0.196. The highest BCUT2D eigenvalue weighted by Crippen LogP contribution is 2.29. The van der Waals surface area contributed by atoms with Crippen LogP contribution in [0.2, 0.25) is 0 Å². The number of morpholine rings is 1. The van der Waals surface area contributed by atoms with E-state index >= 15 is 0 Å². The summed E-state index contributed by atoms with van der Waals surface area (Å²) in [5, 5.41) is 1.26. The Labute approximate surface area is 154 Å². The van der Waals surface area contributed by atoms with Crippen molar-refractivity contribution in [1.29, 1.82) is 0 Å². The molecule has 2 aromatic rings. The molecular weight excluding hydrogens is 326 g/mol. The smallest absolute Gasteiger partial charge is 0.237 e. The summed E-state index contributed by atoms with van der Waals surface area (Å²) in [6.07, 6.45) is 5.60. The van der Waals surface area contributed by atoms with Gasteiger partial charge in [0, 0.05) is 48.8 Å². The highest BCUT2D eigenvalue weighted by molar-refractivity contribution is 5.93. The van der Waals surface area contributed by atoms with E-state index in [0.29, 0.717) is 13.1 Å². The number of nitrogens with zero attached hydrogens (tertiary/aromatic N) is 2. The fourth-order valence-electron chi connectivity index (χ4n) is 4.18. The van der Waals surface area contributed by atoms with Crippen molar-refractivity contribution in [3.8, 4) is 0 Å². The quantitative estimate of drug-likeness (QED) is 0.923. The lowest BCUT2D eigenvalue weighted by Crippen LogP contribution is -2.50. The number of hydrogen-bond acceptors (Lipinski definition) is 3. The van der Waals surface area contributed by atoms with Crippen LogP contribution >= 0.6 is 0 Å². The summed E-state index contributed by atoms with van der Waals surface area (Å²) in [5.41, 5.74) is 3.76. The number of para-hydroxylation sites is 1. The average Bonchev–Trinajstić information content (AvgIpc) is 3.05. The minimum absolute atomic E-state index is 0.196. The van der Waals surface area contributed by atoms with Gasteiger partial charge in [-0.1, -0.05) is 24.3 Å². The molecule has 0 bridgehead atoms. The third-order valence-electron chi connectivity index (χ3n) is 5.35. The number of nitrogens with one attached hydrogen (secondary N) is 1. The minimum Gasteiger partial charge on any atom is -0.373 e. The molecule has 1 amide bonds. The zero-order valence-corrected chi connectivity index (χ0v) is 15.6.